The fraction of sp³-hybridized carbons (Fsp3) is 0.467. The lowest BCUT2D eigenvalue weighted by atomic mass is 9.95. The van der Waals surface area contributed by atoms with E-state index < -0.39 is 5.41 Å². The highest BCUT2D eigenvalue weighted by Gasteiger charge is 2.33. The summed E-state index contributed by atoms with van der Waals surface area (Å²) in [6.45, 7) is 4.96. The molecule has 1 saturated heterocycles. The summed E-state index contributed by atoms with van der Waals surface area (Å²) < 4.78 is 0. The number of aldehydes is 1. The van der Waals surface area contributed by atoms with E-state index in [1.165, 1.54) is 5.56 Å². The van der Waals surface area contributed by atoms with Gasteiger partial charge in [0.25, 0.3) is 0 Å². The van der Waals surface area contributed by atoms with Gasteiger partial charge in [0.05, 0.1) is 0 Å². The Morgan fingerprint density at radius 3 is 2.61 bits per heavy atom. The van der Waals surface area contributed by atoms with Gasteiger partial charge in [-0.15, -0.1) is 0 Å². The van der Waals surface area contributed by atoms with Crippen molar-refractivity contribution in [2.75, 3.05) is 13.1 Å². The SMILES string of the molecule is CC(C)(C=O)CN1C[C@H](c2ccccc2)CC1=O. The van der Waals surface area contributed by atoms with Crippen molar-refractivity contribution in [1.29, 1.82) is 0 Å². The van der Waals surface area contributed by atoms with Crippen LogP contribution in [0.1, 0.15) is 31.7 Å². The predicted molar refractivity (Wildman–Crippen MR) is 70.2 cm³/mol. The van der Waals surface area contributed by atoms with Crippen molar-refractivity contribution >= 4 is 12.2 Å². The van der Waals surface area contributed by atoms with Crippen LogP contribution in [-0.2, 0) is 9.59 Å². The molecule has 1 fully saturated rings. The largest absolute Gasteiger partial charge is 0.341 e. The predicted octanol–water partition coefficient (Wildman–Crippen LogP) is 2.23. The second kappa shape index (κ2) is 4.92. The van der Waals surface area contributed by atoms with Crippen LogP contribution < -0.4 is 0 Å². The number of hydrogen-bond donors (Lipinski definition) is 0. The van der Waals surface area contributed by atoms with Crippen molar-refractivity contribution < 1.29 is 9.59 Å². The maximum atomic E-state index is 12.0. The van der Waals surface area contributed by atoms with E-state index in [-0.39, 0.29) is 11.8 Å². The summed E-state index contributed by atoms with van der Waals surface area (Å²) in [6, 6.07) is 10.1. The van der Waals surface area contributed by atoms with E-state index in [2.05, 4.69) is 12.1 Å². The molecule has 1 aromatic carbocycles. The van der Waals surface area contributed by atoms with E-state index in [0.717, 1.165) is 12.8 Å². The Labute approximate surface area is 108 Å². The quantitative estimate of drug-likeness (QED) is 0.763. The van der Waals surface area contributed by atoms with Crippen LogP contribution >= 0.6 is 0 Å². The molecule has 0 bridgehead atoms. The van der Waals surface area contributed by atoms with E-state index in [1.807, 2.05) is 36.9 Å². The van der Waals surface area contributed by atoms with E-state index in [9.17, 15) is 9.59 Å². The lowest BCUT2D eigenvalue weighted by Gasteiger charge is -2.25. The van der Waals surface area contributed by atoms with Crippen LogP contribution in [0.5, 0.6) is 0 Å². The number of amides is 1. The standard InChI is InChI=1S/C15H19NO2/c1-15(2,11-17)10-16-9-13(8-14(16)18)12-6-4-3-5-7-12/h3-7,11,13H,8-10H2,1-2H3/t13-/m1/s1. The molecule has 1 aliphatic rings. The lowest BCUT2D eigenvalue weighted by Crippen LogP contribution is -2.36. The van der Waals surface area contributed by atoms with E-state index in [4.69, 9.17) is 0 Å². The van der Waals surface area contributed by atoms with Crippen LogP contribution in [0.15, 0.2) is 30.3 Å². The van der Waals surface area contributed by atoms with E-state index in [0.29, 0.717) is 13.0 Å². The van der Waals surface area contributed by atoms with Gasteiger partial charge in [0.15, 0.2) is 0 Å². The average Bonchev–Trinajstić information content (AvgIpc) is 2.72. The number of carbonyl (C=O) groups is 2. The summed E-state index contributed by atoms with van der Waals surface area (Å²) in [7, 11) is 0. The van der Waals surface area contributed by atoms with Gasteiger partial charge in [0, 0.05) is 30.8 Å². The molecule has 1 heterocycles. The molecule has 0 radical (unpaired) electrons. The molecular formula is C15H19NO2. The fourth-order valence-electron chi connectivity index (χ4n) is 2.40. The topological polar surface area (TPSA) is 37.4 Å². The van der Waals surface area contributed by atoms with Crippen LogP contribution in [0, 0.1) is 5.41 Å². The zero-order chi connectivity index (χ0) is 13.2. The minimum absolute atomic E-state index is 0.152. The van der Waals surface area contributed by atoms with Gasteiger partial charge in [-0.25, -0.2) is 0 Å². The first-order chi connectivity index (χ1) is 8.52. The summed E-state index contributed by atoms with van der Waals surface area (Å²) in [5, 5.41) is 0. The second-order valence-corrected chi connectivity index (χ2v) is 5.69. The smallest absolute Gasteiger partial charge is 0.223 e. The van der Waals surface area contributed by atoms with Gasteiger partial charge in [-0.05, 0) is 5.56 Å². The third kappa shape index (κ3) is 2.78. The Kier molecular flexibility index (Phi) is 3.50. The van der Waals surface area contributed by atoms with Crippen molar-refractivity contribution in [2.45, 2.75) is 26.2 Å². The molecule has 1 amide bonds. The summed E-state index contributed by atoms with van der Waals surface area (Å²) in [5.74, 6) is 0.417. The van der Waals surface area contributed by atoms with Crippen molar-refractivity contribution in [3.63, 3.8) is 0 Å². The number of likely N-dealkylation sites (tertiary alicyclic amines) is 1. The molecule has 0 spiro atoms. The number of carbonyl (C=O) groups excluding carboxylic acids is 2. The maximum absolute atomic E-state index is 12.0. The van der Waals surface area contributed by atoms with Crippen molar-refractivity contribution in [1.82, 2.24) is 4.90 Å². The highest BCUT2D eigenvalue weighted by molar-refractivity contribution is 5.80. The van der Waals surface area contributed by atoms with Gasteiger partial charge in [-0.1, -0.05) is 44.2 Å². The van der Waals surface area contributed by atoms with Crippen LogP contribution in [-0.4, -0.2) is 30.2 Å². The van der Waals surface area contributed by atoms with Gasteiger partial charge in [0.2, 0.25) is 5.91 Å². The Balaban J connectivity index is 2.06. The highest BCUT2D eigenvalue weighted by atomic mass is 16.2. The molecule has 3 nitrogen and oxygen atoms in total. The Morgan fingerprint density at radius 1 is 1.33 bits per heavy atom. The Bertz CT molecular complexity index is 439. The molecule has 1 aromatic rings. The third-order valence-electron chi connectivity index (χ3n) is 3.40. The maximum Gasteiger partial charge on any atom is 0.223 e. The van der Waals surface area contributed by atoms with Crippen LogP contribution in [0.3, 0.4) is 0 Å². The zero-order valence-electron chi connectivity index (χ0n) is 10.9. The number of hydrogen-bond acceptors (Lipinski definition) is 2. The monoisotopic (exact) mass is 245 g/mol. The number of benzene rings is 1. The molecular weight excluding hydrogens is 226 g/mol. The Hall–Kier alpha value is -1.64. The molecule has 0 aliphatic carbocycles. The molecule has 1 aliphatic heterocycles. The molecule has 96 valence electrons. The van der Waals surface area contributed by atoms with Gasteiger partial charge in [-0.2, -0.15) is 0 Å². The first kappa shape index (κ1) is 12.8. The van der Waals surface area contributed by atoms with Crippen molar-refractivity contribution in [3.8, 4) is 0 Å². The Morgan fingerprint density at radius 2 is 2.00 bits per heavy atom. The van der Waals surface area contributed by atoms with Gasteiger partial charge < -0.3 is 9.69 Å². The van der Waals surface area contributed by atoms with Crippen LogP contribution in [0.2, 0.25) is 0 Å². The molecule has 0 saturated carbocycles. The number of nitrogens with zero attached hydrogens (tertiary/aromatic N) is 1. The zero-order valence-corrected chi connectivity index (χ0v) is 10.9. The summed E-state index contributed by atoms with van der Waals surface area (Å²) in [4.78, 5) is 24.7. The minimum atomic E-state index is -0.457. The third-order valence-corrected chi connectivity index (χ3v) is 3.40. The minimum Gasteiger partial charge on any atom is -0.341 e. The van der Waals surface area contributed by atoms with Crippen LogP contribution in [0.25, 0.3) is 0 Å². The van der Waals surface area contributed by atoms with Crippen molar-refractivity contribution in [3.05, 3.63) is 35.9 Å². The molecule has 3 heteroatoms. The average molecular weight is 245 g/mol. The second-order valence-electron chi connectivity index (χ2n) is 5.69. The van der Waals surface area contributed by atoms with Crippen LogP contribution in [0.4, 0.5) is 0 Å². The first-order valence-corrected chi connectivity index (χ1v) is 6.31. The van der Waals surface area contributed by atoms with E-state index in [1.54, 1.807) is 0 Å². The molecule has 0 aromatic heterocycles. The number of rotatable bonds is 4. The fourth-order valence-corrected chi connectivity index (χ4v) is 2.40. The molecule has 2 rings (SSSR count). The summed E-state index contributed by atoms with van der Waals surface area (Å²) in [6.07, 6.45) is 1.48. The van der Waals surface area contributed by atoms with Gasteiger partial charge in [-0.3, -0.25) is 4.79 Å². The lowest BCUT2D eigenvalue weighted by molar-refractivity contribution is -0.129. The molecule has 0 N–H and O–H groups in total. The van der Waals surface area contributed by atoms with Crippen molar-refractivity contribution in [2.24, 2.45) is 5.41 Å². The molecule has 1 atom stereocenters. The summed E-state index contributed by atoms with van der Waals surface area (Å²) in [5.41, 5.74) is 0.749. The van der Waals surface area contributed by atoms with Gasteiger partial charge in [0.1, 0.15) is 6.29 Å². The normalized spacial score (nSPS) is 20.2. The van der Waals surface area contributed by atoms with Gasteiger partial charge >= 0.3 is 0 Å². The highest BCUT2D eigenvalue weighted by Crippen LogP contribution is 2.29. The molecule has 0 unspecified atom stereocenters. The summed E-state index contributed by atoms with van der Waals surface area (Å²) >= 11 is 0. The molecule has 18 heavy (non-hydrogen) atoms. The first-order valence-electron chi connectivity index (χ1n) is 6.31. The van der Waals surface area contributed by atoms with E-state index >= 15 is 0 Å².